The van der Waals surface area contributed by atoms with Crippen molar-refractivity contribution in [2.75, 3.05) is 7.11 Å². The minimum absolute atomic E-state index is 0.0398. The minimum atomic E-state index is 0.0398. The van der Waals surface area contributed by atoms with Crippen LogP contribution in [-0.2, 0) is 6.42 Å². The van der Waals surface area contributed by atoms with E-state index in [1.54, 1.807) is 13.2 Å². The minimum Gasteiger partial charge on any atom is -0.497 e. The van der Waals surface area contributed by atoms with E-state index in [0.29, 0.717) is 12.8 Å². The quantitative estimate of drug-likeness (QED) is 0.624. The Morgan fingerprint density at radius 3 is 2.67 bits per heavy atom. The van der Waals surface area contributed by atoms with Gasteiger partial charge in [0, 0.05) is 35.7 Å². The maximum Gasteiger partial charge on any atom is 0.266 e. The summed E-state index contributed by atoms with van der Waals surface area (Å²) in [5.74, 6) is 0.863. The number of hydrogen-bond acceptors (Lipinski definition) is 3. The van der Waals surface area contributed by atoms with Crippen LogP contribution in [0, 0.1) is 6.92 Å². The number of rotatable bonds is 6. The second kappa shape index (κ2) is 8.54. The van der Waals surface area contributed by atoms with Gasteiger partial charge in [-0.05, 0) is 49.9 Å². The summed E-state index contributed by atoms with van der Waals surface area (Å²) in [6.45, 7) is 4.01. The highest BCUT2D eigenvalue weighted by Crippen LogP contribution is 2.32. The third kappa shape index (κ3) is 3.71. The molecule has 0 aliphatic heterocycles. The van der Waals surface area contributed by atoms with Crippen molar-refractivity contribution in [3.05, 3.63) is 51.6 Å². The van der Waals surface area contributed by atoms with Crippen LogP contribution in [0.15, 0.2) is 29.1 Å². The number of H-pyrrole nitrogens is 1. The molecule has 0 atom stereocenters. The maximum absolute atomic E-state index is 12.8. The summed E-state index contributed by atoms with van der Waals surface area (Å²) in [6, 6.07) is 7.82. The van der Waals surface area contributed by atoms with Crippen LogP contribution in [0.2, 0.25) is 0 Å². The Kier molecular flexibility index (Phi) is 5.84. The van der Waals surface area contributed by atoms with Gasteiger partial charge >= 0.3 is 0 Å². The highest BCUT2D eigenvalue weighted by Gasteiger charge is 2.22. The Morgan fingerprint density at radius 2 is 1.97 bits per heavy atom. The molecule has 1 N–H and O–H groups in total. The van der Waals surface area contributed by atoms with Gasteiger partial charge in [-0.15, -0.1) is 0 Å². The van der Waals surface area contributed by atoms with Crippen LogP contribution in [0.3, 0.4) is 0 Å². The van der Waals surface area contributed by atoms with Gasteiger partial charge in [0.05, 0.1) is 18.7 Å². The molecule has 160 valence electrons. The number of aromatic amines is 1. The van der Waals surface area contributed by atoms with Gasteiger partial charge in [0.25, 0.3) is 5.56 Å². The first-order valence-electron chi connectivity index (χ1n) is 11.0. The van der Waals surface area contributed by atoms with Crippen molar-refractivity contribution in [3.8, 4) is 5.75 Å². The molecule has 30 heavy (non-hydrogen) atoms. The Hall–Kier alpha value is -2.76. The summed E-state index contributed by atoms with van der Waals surface area (Å²) in [5, 5.41) is 4.36. The summed E-state index contributed by atoms with van der Waals surface area (Å²) in [4.78, 5) is 25.5. The zero-order chi connectivity index (χ0) is 21.3. The van der Waals surface area contributed by atoms with E-state index >= 15 is 0 Å². The average Bonchev–Trinajstić information content (AvgIpc) is 3.25. The van der Waals surface area contributed by atoms with Gasteiger partial charge in [-0.3, -0.25) is 19.3 Å². The first-order valence-corrected chi connectivity index (χ1v) is 11.0. The molecule has 6 heteroatoms. The van der Waals surface area contributed by atoms with E-state index in [1.165, 1.54) is 19.3 Å². The number of fused-ring (bicyclic) bond motifs is 1. The molecule has 1 aliphatic carbocycles. The first kappa shape index (κ1) is 20.5. The van der Waals surface area contributed by atoms with Gasteiger partial charge < -0.3 is 4.74 Å². The normalized spacial score (nSPS) is 15.0. The summed E-state index contributed by atoms with van der Waals surface area (Å²) in [6.07, 6.45) is 7.62. The van der Waals surface area contributed by atoms with Crippen molar-refractivity contribution < 1.29 is 9.53 Å². The van der Waals surface area contributed by atoms with Crippen LogP contribution in [-0.4, -0.2) is 27.4 Å². The van der Waals surface area contributed by atoms with E-state index in [9.17, 15) is 9.59 Å². The Morgan fingerprint density at radius 1 is 1.20 bits per heavy atom. The lowest BCUT2D eigenvalue weighted by molar-refractivity contribution is 0.0905. The third-order valence-corrected chi connectivity index (χ3v) is 6.36. The highest BCUT2D eigenvalue weighted by atomic mass is 16.5. The topological polar surface area (TPSA) is 69.0 Å². The van der Waals surface area contributed by atoms with Crippen molar-refractivity contribution in [3.63, 3.8) is 0 Å². The molecule has 4 rings (SSSR count). The monoisotopic (exact) mass is 409 g/mol. The summed E-state index contributed by atoms with van der Waals surface area (Å²) >= 11 is 0. The molecule has 0 saturated heterocycles. The molecule has 0 bridgehead atoms. The number of methoxy groups -OCH3 is 1. The third-order valence-electron chi connectivity index (χ3n) is 6.36. The molecule has 6 nitrogen and oxygen atoms in total. The lowest BCUT2D eigenvalue weighted by Crippen LogP contribution is -2.23. The van der Waals surface area contributed by atoms with E-state index in [4.69, 9.17) is 4.74 Å². The number of aromatic nitrogens is 3. The van der Waals surface area contributed by atoms with Crippen LogP contribution >= 0.6 is 0 Å². The fraction of sp³-hybridized carbons (Fsp3) is 0.500. The van der Waals surface area contributed by atoms with Crippen LogP contribution in [0.4, 0.5) is 0 Å². The average molecular weight is 410 g/mol. The molecule has 0 unspecified atom stereocenters. The SMILES string of the molecule is CCCC(=O)n1c(C)c(Cc2cc(=O)n(C3CCCCC3)[nH]2)c2cc(OC)ccc21. The fourth-order valence-corrected chi connectivity index (χ4v) is 4.81. The molecule has 0 spiro atoms. The number of carbonyl (C=O) groups is 1. The Bertz CT molecular complexity index is 1110. The molecular formula is C24H31N3O3. The van der Waals surface area contributed by atoms with Crippen LogP contribution < -0.4 is 10.3 Å². The number of nitrogens with zero attached hydrogens (tertiary/aromatic N) is 2. The van der Waals surface area contributed by atoms with E-state index in [-0.39, 0.29) is 17.5 Å². The molecule has 1 aliphatic rings. The molecule has 0 amide bonds. The molecule has 1 fully saturated rings. The number of hydrogen-bond donors (Lipinski definition) is 1. The van der Waals surface area contributed by atoms with E-state index in [2.05, 4.69) is 5.10 Å². The van der Waals surface area contributed by atoms with Gasteiger partial charge in [-0.1, -0.05) is 26.2 Å². The molecule has 2 heterocycles. The van der Waals surface area contributed by atoms with Crippen molar-refractivity contribution >= 4 is 16.8 Å². The van der Waals surface area contributed by atoms with Gasteiger partial charge in [0.2, 0.25) is 5.91 Å². The number of nitrogens with one attached hydrogen (secondary N) is 1. The highest BCUT2D eigenvalue weighted by molar-refractivity contribution is 5.96. The molecule has 0 radical (unpaired) electrons. The lowest BCUT2D eigenvalue weighted by Gasteiger charge is -2.22. The van der Waals surface area contributed by atoms with E-state index in [0.717, 1.165) is 52.9 Å². The van der Waals surface area contributed by atoms with Crippen molar-refractivity contribution in [2.45, 2.75) is 71.3 Å². The second-order valence-corrected chi connectivity index (χ2v) is 8.38. The van der Waals surface area contributed by atoms with Crippen LogP contribution in [0.1, 0.15) is 79.7 Å². The van der Waals surface area contributed by atoms with Gasteiger partial charge in [-0.25, -0.2) is 4.68 Å². The molecule has 1 saturated carbocycles. The summed E-state index contributed by atoms with van der Waals surface area (Å²) in [5.41, 5.74) is 3.82. The standard InChI is InChI=1S/C24H31N3O3/c1-4-8-23(28)26-16(2)20(21-15-19(30-3)11-12-22(21)26)13-17-14-24(29)27(25-17)18-9-6-5-7-10-18/h11-12,14-15,18,25H,4-10,13H2,1-3H3. The predicted molar refractivity (Wildman–Crippen MR) is 119 cm³/mol. The molecule has 3 aromatic rings. The summed E-state index contributed by atoms with van der Waals surface area (Å²) in [7, 11) is 1.65. The number of ether oxygens (including phenoxy) is 1. The van der Waals surface area contributed by atoms with Crippen molar-refractivity contribution in [1.29, 1.82) is 0 Å². The Balaban J connectivity index is 1.76. The smallest absolute Gasteiger partial charge is 0.266 e. The maximum atomic E-state index is 12.8. The Labute approximate surface area is 176 Å². The van der Waals surface area contributed by atoms with Gasteiger partial charge in [0.15, 0.2) is 0 Å². The molecular weight excluding hydrogens is 378 g/mol. The predicted octanol–water partition coefficient (Wildman–Crippen LogP) is 4.98. The van der Waals surface area contributed by atoms with Crippen molar-refractivity contribution in [1.82, 2.24) is 14.3 Å². The second-order valence-electron chi connectivity index (χ2n) is 8.38. The van der Waals surface area contributed by atoms with Gasteiger partial charge in [-0.2, -0.15) is 0 Å². The van der Waals surface area contributed by atoms with Crippen LogP contribution in [0.25, 0.3) is 10.9 Å². The summed E-state index contributed by atoms with van der Waals surface area (Å²) < 4.78 is 9.07. The lowest BCUT2D eigenvalue weighted by atomic mass is 9.96. The van der Waals surface area contributed by atoms with Crippen molar-refractivity contribution in [2.24, 2.45) is 0 Å². The van der Waals surface area contributed by atoms with Crippen LogP contribution in [0.5, 0.6) is 5.75 Å². The molecule has 2 aromatic heterocycles. The van der Waals surface area contributed by atoms with Gasteiger partial charge in [0.1, 0.15) is 5.75 Å². The zero-order valence-electron chi connectivity index (χ0n) is 18.2. The van der Waals surface area contributed by atoms with E-state index < -0.39 is 0 Å². The van der Waals surface area contributed by atoms with E-state index in [1.807, 2.05) is 41.3 Å². The number of carbonyl (C=O) groups excluding carboxylic acids is 1. The largest absolute Gasteiger partial charge is 0.497 e. The molecule has 1 aromatic carbocycles. The zero-order valence-corrected chi connectivity index (χ0v) is 18.2. The fourth-order valence-electron chi connectivity index (χ4n) is 4.81. The number of benzene rings is 1. The first-order chi connectivity index (χ1) is 14.5.